The van der Waals surface area contributed by atoms with Gasteiger partial charge >= 0.3 is 0 Å². The molecule has 1 rings (SSSR count). The van der Waals surface area contributed by atoms with Gasteiger partial charge in [-0.25, -0.2) is 0 Å². The highest BCUT2D eigenvalue weighted by molar-refractivity contribution is 4.73. The van der Waals surface area contributed by atoms with E-state index in [1.807, 2.05) is 0 Å². The van der Waals surface area contributed by atoms with Crippen LogP contribution in [0.25, 0.3) is 0 Å². The Morgan fingerprint density at radius 1 is 1.42 bits per heavy atom. The van der Waals surface area contributed by atoms with Crippen molar-refractivity contribution < 1.29 is 4.74 Å². The Morgan fingerprint density at radius 2 is 2.17 bits per heavy atom. The van der Waals surface area contributed by atoms with Gasteiger partial charge in [-0.3, -0.25) is 0 Å². The zero-order valence-corrected chi connectivity index (χ0v) is 8.68. The molecule has 0 aromatic rings. The molecule has 0 N–H and O–H groups in total. The van der Waals surface area contributed by atoms with Gasteiger partial charge in [-0.15, -0.1) is 0 Å². The Bertz CT molecular complexity index is 120. The van der Waals surface area contributed by atoms with Gasteiger partial charge in [0.25, 0.3) is 0 Å². The van der Waals surface area contributed by atoms with Gasteiger partial charge in [-0.05, 0) is 31.1 Å². The highest BCUT2D eigenvalue weighted by Gasteiger charge is 2.24. The van der Waals surface area contributed by atoms with Gasteiger partial charge in [-0.1, -0.05) is 27.2 Å². The Kier molecular flexibility index (Phi) is 4.07. The van der Waals surface area contributed by atoms with E-state index in [2.05, 4.69) is 20.8 Å². The molecule has 0 aliphatic carbocycles. The van der Waals surface area contributed by atoms with Crippen LogP contribution in [-0.2, 0) is 4.74 Å². The Morgan fingerprint density at radius 3 is 2.75 bits per heavy atom. The van der Waals surface area contributed by atoms with Gasteiger partial charge in [0.15, 0.2) is 0 Å². The molecule has 0 bridgehead atoms. The molecule has 0 radical (unpaired) electrons. The van der Waals surface area contributed by atoms with Crippen LogP contribution in [0.1, 0.15) is 46.5 Å². The average Bonchev–Trinajstić information content (AvgIpc) is 2.36. The third kappa shape index (κ3) is 3.14. The monoisotopic (exact) mass is 170 g/mol. The van der Waals surface area contributed by atoms with Gasteiger partial charge in [0, 0.05) is 6.61 Å². The summed E-state index contributed by atoms with van der Waals surface area (Å²) in [6, 6.07) is 0. The standard InChI is InChI=1S/C11H22O/c1-4-5-11-7-10(8-12-11)6-9(2)3/h9-11H,4-8H2,1-3H3. The van der Waals surface area contributed by atoms with Crippen molar-refractivity contribution in [1.29, 1.82) is 0 Å². The van der Waals surface area contributed by atoms with E-state index in [4.69, 9.17) is 4.74 Å². The molecule has 1 heterocycles. The van der Waals surface area contributed by atoms with E-state index in [0.29, 0.717) is 6.10 Å². The van der Waals surface area contributed by atoms with Crippen LogP contribution in [0.5, 0.6) is 0 Å². The summed E-state index contributed by atoms with van der Waals surface area (Å²) >= 11 is 0. The number of ether oxygens (including phenoxy) is 1. The fourth-order valence-corrected chi connectivity index (χ4v) is 2.13. The maximum absolute atomic E-state index is 5.71. The molecular formula is C11H22O. The Labute approximate surface area is 76.5 Å². The van der Waals surface area contributed by atoms with Crippen LogP contribution in [0.3, 0.4) is 0 Å². The molecule has 0 saturated carbocycles. The summed E-state index contributed by atoms with van der Waals surface area (Å²) in [6.07, 6.45) is 5.76. The molecular weight excluding hydrogens is 148 g/mol. The number of rotatable bonds is 4. The van der Waals surface area contributed by atoms with E-state index in [9.17, 15) is 0 Å². The predicted octanol–water partition coefficient (Wildman–Crippen LogP) is 3.24. The van der Waals surface area contributed by atoms with Crippen LogP contribution in [0.2, 0.25) is 0 Å². The molecule has 1 aliphatic rings. The normalized spacial score (nSPS) is 30.0. The molecule has 2 unspecified atom stereocenters. The summed E-state index contributed by atoms with van der Waals surface area (Å²) in [5.74, 6) is 1.68. The molecule has 12 heavy (non-hydrogen) atoms. The summed E-state index contributed by atoms with van der Waals surface area (Å²) in [5, 5.41) is 0. The van der Waals surface area contributed by atoms with Crippen molar-refractivity contribution in [3.05, 3.63) is 0 Å². The minimum absolute atomic E-state index is 0.582. The average molecular weight is 170 g/mol. The van der Waals surface area contributed by atoms with Crippen LogP contribution in [-0.4, -0.2) is 12.7 Å². The predicted molar refractivity (Wildman–Crippen MR) is 52.2 cm³/mol. The Hall–Kier alpha value is -0.0400. The summed E-state index contributed by atoms with van der Waals surface area (Å²) in [6.45, 7) is 7.85. The lowest BCUT2D eigenvalue weighted by Gasteiger charge is -2.10. The molecule has 0 spiro atoms. The maximum Gasteiger partial charge on any atom is 0.0578 e. The molecule has 2 atom stereocenters. The lowest BCUT2D eigenvalue weighted by Crippen LogP contribution is -2.05. The fourth-order valence-electron chi connectivity index (χ4n) is 2.13. The van der Waals surface area contributed by atoms with Crippen molar-refractivity contribution >= 4 is 0 Å². The van der Waals surface area contributed by atoms with Gasteiger partial charge in [-0.2, -0.15) is 0 Å². The first kappa shape index (κ1) is 10.0. The summed E-state index contributed by atoms with van der Waals surface area (Å²) in [4.78, 5) is 0. The summed E-state index contributed by atoms with van der Waals surface area (Å²) in [7, 11) is 0. The van der Waals surface area contributed by atoms with Crippen LogP contribution in [0.4, 0.5) is 0 Å². The van der Waals surface area contributed by atoms with Crippen molar-refractivity contribution in [1.82, 2.24) is 0 Å². The highest BCUT2D eigenvalue weighted by Crippen LogP contribution is 2.27. The summed E-state index contributed by atoms with van der Waals surface area (Å²) in [5.41, 5.74) is 0. The topological polar surface area (TPSA) is 9.23 Å². The van der Waals surface area contributed by atoms with Crippen LogP contribution >= 0.6 is 0 Å². The number of hydrogen-bond donors (Lipinski definition) is 0. The first-order valence-electron chi connectivity index (χ1n) is 5.34. The Balaban J connectivity index is 2.16. The molecule has 72 valence electrons. The molecule has 0 aromatic carbocycles. The van der Waals surface area contributed by atoms with Crippen molar-refractivity contribution in [2.45, 2.75) is 52.6 Å². The van der Waals surface area contributed by atoms with Crippen LogP contribution in [0.15, 0.2) is 0 Å². The minimum Gasteiger partial charge on any atom is -0.378 e. The first-order chi connectivity index (χ1) is 5.72. The number of hydrogen-bond acceptors (Lipinski definition) is 1. The zero-order chi connectivity index (χ0) is 8.97. The third-order valence-electron chi connectivity index (χ3n) is 2.58. The van der Waals surface area contributed by atoms with Gasteiger partial charge in [0.05, 0.1) is 6.10 Å². The largest absolute Gasteiger partial charge is 0.378 e. The fraction of sp³-hybridized carbons (Fsp3) is 1.00. The van der Waals surface area contributed by atoms with Gasteiger partial charge < -0.3 is 4.74 Å². The quantitative estimate of drug-likeness (QED) is 0.629. The van der Waals surface area contributed by atoms with Gasteiger partial charge in [0.2, 0.25) is 0 Å². The molecule has 0 aromatic heterocycles. The second kappa shape index (κ2) is 4.86. The summed E-state index contributed by atoms with van der Waals surface area (Å²) < 4.78 is 5.71. The lowest BCUT2D eigenvalue weighted by molar-refractivity contribution is 0.0984. The molecule has 0 amide bonds. The highest BCUT2D eigenvalue weighted by atomic mass is 16.5. The van der Waals surface area contributed by atoms with Crippen molar-refractivity contribution in [2.24, 2.45) is 11.8 Å². The van der Waals surface area contributed by atoms with Crippen molar-refractivity contribution in [3.63, 3.8) is 0 Å². The van der Waals surface area contributed by atoms with Crippen molar-refractivity contribution in [3.8, 4) is 0 Å². The van der Waals surface area contributed by atoms with E-state index < -0.39 is 0 Å². The second-order valence-corrected chi connectivity index (χ2v) is 4.48. The van der Waals surface area contributed by atoms with Crippen molar-refractivity contribution in [2.75, 3.05) is 6.61 Å². The maximum atomic E-state index is 5.71. The molecule has 1 saturated heterocycles. The molecule has 1 nitrogen and oxygen atoms in total. The molecule has 1 heteroatoms. The molecule has 1 aliphatic heterocycles. The van der Waals surface area contributed by atoms with Gasteiger partial charge in [0.1, 0.15) is 0 Å². The molecule has 1 fully saturated rings. The van der Waals surface area contributed by atoms with Crippen LogP contribution in [0, 0.1) is 11.8 Å². The minimum atomic E-state index is 0.582. The van der Waals surface area contributed by atoms with Crippen LogP contribution < -0.4 is 0 Å². The van der Waals surface area contributed by atoms with E-state index >= 15 is 0 Å². The lowest BCUT2D eigenvalue weighted by atomic mass is 9.94. The third-order valence-corrected chi connectivity index (χ3v) is 2.58. The smallest absolute Gasteiger partial charge is 0.0578 e. The zero-order valence-electron chi connectivity index (χ0n) is 8.68. The van der Waals surface area contributed by atoms with E-state index in [1.165, 1.54) is 25.7 Å². The second-order valence-electron chi connectivity index (χ2n) is 4.48. The van der Waals surface area contributed by atoms with E-state index in [1.54, 1.807) is 0 Å². The first-order valence-corrected chi connectivity index (χ1v) is 5.34. The SMILES string of the molecule is CCCC1CC(CC(C)C)CO1. The van der Waals surface area contributed by atoms with E-state index in [0.717, 1.165) is 18.4 Å². The van der Waals surface area contributed by atoms with E-state index in [-0.39, 0.29) is 0 Å².